The SMILES string of the molecule is OC[C@@H]1C[C@H](c2cc(Cc3ccc(C4CC4)cc3)c(Cl)c3c2CCO3)O[C@H](CO)[C@H]1O. The van der Waals surface area contributed by atoms with Crippen molar-refractivity contribution in [2.45, 2.75) is 56.3 Å². The fourth-order valence-electron chi connectivity index (χ4n) is 4.97. The Kier molecular flexibility index (Phi) is 5.97. The molecule has 2 heterocycles. The van der Waals surface area contributed by atoms with Gasteiger partial charge in [-0.05, 0) is 53.9 Å². The minimum atomic E-state index is -0.882. The molecule has 0 aromatic heterocycles. The van der Waals surface area contributed by atoms with Gasteiger partial charge < -0.3 is 24.8 Å². The largest absolute Gasteiger partial charge is 0.491 e. The number of aliphatic hydroxyl groups excluding tert-OH is 3. The van der Waals surface area contributed by atoms with Crippen molar-refractivity contribution in [3.63, 3.8) is 0 Å². The Labute approximate surface area is 187 Å². The molecule has 0 unspecified atom stereocenters. The number of benzene rings is 2. The monoisotopic (exact) mass is 444 g/mol. The third-order valence-corrected chi connectivity index (χ3v) is 7.35. The molecular weight excluding hydrogens is 416 g/mol. The second kappa shape index (κ2) is 8.72. The molecule has 2 aliphatic heterocycles. The summed E-state index contributed by atoms with van der Waals surface area (Å²) in [7, 11) is 0. The summed E-state index contributed by atoms with van der Waals surface area (Å²) >= 11 is 6.76. The highest BCUT2D eigenvalue weighted by Crippen LogP contribution is 2.45. The highest BCUT2D eigenvalue weighted by Gasteiger charge is 2.39. The number of ether oxygens (including phenoxy) is 2. The van der Waals surface area contributed by atoms with Crippen LogP contribution in [0.3, 0.4) is 0 Å². The first-order valence-electron chi connectivity index (χ1n) is 11.2. The van der Waals surface area contributed by atoms with Gasteiger partial charge in [0.25, 0.3) is 0 Å². The molecule has 2 fully saturated rings. The van der Waals surface area contributed by atoms with Crippen molar-refractivity contribution >= 4 is 11.6 Å². The Hall–Kier alpha value is -1.63. The van der Waals surface area contributed by atoms with E-state index in [0.29, 0.717) is 24.5 Å². The van der Waals surface area contributed by atoms with Crippen LogP contribution in [-0.4, -0.2) is 47.3 Å². The van der Waals surface area contributed by atoms with Gasteiger partial charge in [0.2, 0.25) is 0 Å². The van der Waals surface area contributed by atoms with Crippen molar-refractivity contribution in [1.29, 1.82) is 0 Å². The van der Waals surface area contributed by atoms with Gasteiger partial charge >= 0.3 is 0 Å². The molecule has 5 nitrogen and oxygen atoms in total. The van der Waals surface area contributed by atoms with Crippen LogP contribution in [-0.2, 0) is 17.6 Å². The van der Waals surface area contributed by atoms with E-state index in [2.05, 4.69) is 30.3 Å². The molecular formula is C25H29ClO5. The van der Waals surface area contributed by atoms with Gasteiger partial charge in [-0.3, -0.25) is 0 Å². The minimum absolute atomic E-state index is 0.149. The Morgan fingerprint density at radius 3 is 2.52 bits per heavy atom. The zero-order valence-corrected chi connectivity index (χ0v) is 18.2. The summed E-state index contributed by atoms with van der Waals surface area (Å²) < 4.78 is 12.0. The van der Waals surface area contributed by atoms with E-state index in [0.717, 1.165) is 34.8 Å². The molecule has 0 spiro atoms. The van der Waals surface area contributed by atoms with E-state index >= 15 is 0 Å². The molecule has 2 aromatic carbocycles. The average Bonchev–Trinajstić information content (AvgIpc) is 3.52. The van der Waals surface area contributed by atoms with Crippen molar-refractivity contribution in [2.75, 3.05) is 19.8 Å². The normalized spacial score (nSPS) is 27.7. The van der Waals surface area contributed by atoms with Gasteiger partial charge in [0, 0.05) is 24.5 Å². The molecule has 1 aliphatic carbocycles. The van der Waals surface area contributed by atoms with Gasteiger partial charge in [0.15, 0.2) is 0 Å². The molecule has 1 saturated carbocycles. The van der Waals surface area contributed by atoms with Crippen molar-refractivity contribution in [2.24, 2.45) is 5.92 Å². The predicted octanol–water partition coefficient (Wildman–Crippen LogP) is 3.53. The Bertz CT molecular complexity index is 926. The van der Waals surface area contributed by atoms with Crippen LogP contribution < -0.4 is 4.74 Å². The van der Waals surface area contributed by atoms with Gasteiger partial charge in [-0.15, -0.1) is 0 Å². The number of aliphatic hydroxyl groups is 3. The standard InChI is InChI=1S/C25H29ClO5/c26-23-17(9-14-1-3-15(4-2-14)16-5-6-16)10-20(19-7-8-30-25(19)23)21-11-18(12-27)24(29)22(13-28)31-21/h1-4,10,16,18,21-22,24,27-29H,5-9,11-13H2/t18-,21+,22+,24-/m0/s1. The van der Waals surface area contributed by atoms with Crippen LogP contribution in [0.25, 0.3) is 0 Å². The first-order chi connectivity index (χ1) is 15.1. The maximum absolute atomic E-state index is 10.4. The highest BCUT2D eigenvalue weighted by atomic mass is 35.5. The second-order valence-electron chi connectivity index (χ2n) is 9.05. The number of halogens is 1. The number of hydrogen-bond acceptors (Lipinski definition) is 5. The highest BCUT2D eigenvalue weighted by molar-refractivity contribution is 6.33. The number of hydrogen-bond donors (Lipinski definition) is 3. The molecule has 0 amide bonds. The van der Waals surface area contributed by atoms with Crippen LogP contribution >= 0.6 is 11.6 Å². The van der Waals surface area contributed by atoms with Crippen LogP contribution in [0.5, 0.6) is 5.75 Å². The van der Waals surface area contributed by atoms with Crippen LogP contribution in [0.4, 0.5) is 0 Å². The van der Waals surface area contributed by atoms with E-state index in [1.54, 1.807) is 0 Å². The summed E-state index contributed by atoms with van der Waals surface area (Å²) in [6, 6.07) is 10.9. The molecule has 0 radical (unpaired) electrons. The Morgan fingerprint density at radius 1 is 1.06 bits per heavy atom. The van der Waals surface area contributed by atoms with Gasteiger partial charge in [-0.25, -0.2) is 0 Å². The van der Waals surface area contributed by atoms with Crippen molar-refractivity contribution < 1.29 is 24.8 Å². The van der Waals surface area contributed by atoms with Crippen molar-refractivity contribution in [3.05, 3.63) is 63.2 Å². The molecule has 1 saturated heterocycles. The lowest BCUT2D eigenvalue weighted by molar-refractivity contribution is -0.167. The van der Waals surface area contributed by atoms with Gasteiger partial charge in [0.05, 0.1) is 30.4 Å². The van der Waals surface area contributed by atoms with E-state index in [-0.39, 0.29) is 25.2 Å². The summed E-state index contributed by atoms with van der Waals surface area (Å²) in [5.41, 5.74) is 5.61. The smallest absolute Gasteiger partial charge is 0.141 e. The lowest BCUT2D eigenvalue weighted by Crippen LogP contribution is -2.45. The zero-order chi connectivity index (χ0) is 21.5. The third kappa shape index (κ3) is 4.10. The molecule has 4 atom stereocenters. The summed E-state index contributed by atoms with van der Waals surface area (Å²) in [6.45, 7) is 0.133. The zero-order valence-electron chi connectivity index (χ0n) is 17.5. The van der Waals surface area contributed by atoms with E-state index < -0.39 is 12.2 Å². The van der Waals surface area contributed by atoms with Gasteiger partial charge in [-0.1, -0.05) is 41.9 Å². The quantitative estimate of drug-likeness (QED) is 0.635. The minimum Gasteiger partial charge on any atom is -0.491 e. The summed E-state index contributed by atoms with van der Waals surface area (Å²) in [4.78, 5) is 0. The Balaban J connectivity index is 1.47. The van der Waals surface area contributed by atoms with Crippen LogP contribution in [0.2, 0.25) is 5.02 Å². The van der Waals surface area contributed by atoms with E-state index in [1.165, 1.54) is 24.0 Å². The topological polar surface area (TPSA) is 79.2 Å². The Morgan fingerprint density at radius 2 is 1.84 bits per heavy atom. The average molecular weight is 445 g/mol. The van der Waals surface area contributed by atoms with Crippen LogP contribution in [0.1, 0.15) is 59.1 Å². The summed E-state index contributed by atoms with van der Waals surface area (Å²) in [5.74, 6) is 1.11. The van der Waals surface area contributed by atoms with Gasteiger partial charge in [-0.2, -0.15) is 0 Å². The molecule has 5 rings (SSSR count). The summed E-state index contributed by atoms with van der Waals surface area (Å²) in [6.07, 6.45) is 2.56. The molecule has 6 heteroatoms. The maximum Gasteiger partial charge on any atom is 0.141 e. The molecule has 0 bridgehead atoms. The summed E-state index contributed by atoms with van der Waals surface area (Å²) in [5, 5.41) is 30.4. The molecule has 3 aliphatic rings. The van der Waals surface area contributed by atoms with Gasteiger partial charge in [0.1, 0.15) is 11.9 Å². The predicted molar refractivity (Wildman–Crippen MR) is 118 cm³/mol. The molecule has 31 heavy (non-hydrogen) atoms. The van der Waals surface area contributed by atoms with E-state index in [4.69, 9.17) is 21.1 Å². The fraction of sp³-hybridized carbons (Fsp3) is 0.520. The second-order valence-corrected chi connectivity index (χ2v) is 9.43. The van der Waals surface area contributed by atoms with Crippen LogP contribution in [0, 0.1) is 5.92 Å². The maximum atomic E-state index is 10.4. The van der Waals surface area contributed by atoms with E-state index in [1.807, 2.05) is 0 Å². The molecule has 166 valence electrons. The molecule has 3 N–H and O–H groups in total. The van der Waals surface area contributed by atoms with E-state index in [9.17, 15) is 15.3 Å². The fourth-order valence-corrected chi connectivity index (χ4v) is 5.26. The molecule has 2 aromatic rings. The number of rotatable bonds is 6. The van der Waals surface area contributed by atoms with Crippen LogP contribution in [0.15, 0.2) is 30.3 Å². The van der Waals surface area contributed by atoms with Crippen molar-refractivity contribution in [3.8, 4) is 5.75 Å². The lowest BCUT2D eigenvalue weighted by atomic mass is 9.84. The third-order valence-electron chi connectivity index (χ3n) is 6.94. The first-order valence-corrected chi connectivity index (χ1v) is 11.6. The first kappa shape index (κ1) is 21.2. The number of fused-ring (bicyclic) bond motifs is 1. The lowest BCUT2D eigenvalue weighted by Gasteiger charge is -2.39. The van der Waals surface area contributed by atoms with Crippen molar-refractivity contribution in [1.82, 2.24) is 0 Å².